The quantitative estimate of drug-likeness (QED) is 0.801. The first kappa shape index (κ1) is 13.6. The summed E-state index contributed by atoms with van der Waals surface area (Å²) in [5.74, 6) is 2.35. The van der Waals surface area contributed by atoms with Gasteiger partial charge >= 0.3 is 0 Å². The van der Waals surface area contributed by atoms with Gasteiger partial charge in [0.15, 0.2) is 0 Å². The molecule has 1 unspecified atom stereocenters. The highest BCUT2D eigenvalue weighted by Crippen LogP contribution is 2.28. The number of likely N-dealkylation sites (N-methyl/N-ethyl adjacent to an activating group) is 1. The molecule has 0 aliphatic carbocycles. The van der Waals surface area contributed by atoms with E-state index in [9.17, 15) is 0 Å². The number of hydrogen-bond donors (Lipinski definition) is 0. The summed E-state index contributed by atoms with van der Waals surface area (Å²) in [6.45, 7) is 10.6. The van der Waals surface area contributed by atoms with Crippen LogP contribution in [0.1, 0.15) is 31.9 Å². The Morgan fingerprint density at radius 3 is 2.50 bits per heavy atom. The zero-order chi connectivity index (χ0) is 13.0. The van der Waals surface area contributed by atoms with E-state index < -0.39 is 0 Å². The smallest absolute Gasteiger partial charge is 0.107 e. The molecule has 3 heteroatoms. The molecule has 1 aliphatic rings. The lowest BCUT2D eigenvalue weighted by Crippen LogP contribution is -2.45. The van der Waals surface area contributed by atoms with E-state index in [0.717, 1.165) is 5.76 Å². The molecule has 18 heavy (non-hydrogen) atoms. The minimum Gasteiger partial charge on any atom is -0.469 e. The predicted molar refractivity (Wildman–Crippen MR) is 74.8 cm³/mol. The average molecular weight is 250 g/mol. The Kier molecular flexibility index (Phi) is 4.84. The summed E-state index contributed by atoms with van der Waals surface area (Å²) >= 11 is 0. The summed E-state index contributed by atoms with van der Waals surface area (Å²) in [6.07, 6.45) is 3.00. The molecular formula is C15H26N2O. The maximum absolute atomic E-state index is 5.59. The number of hydrogen-bond acceptors (Lipinski definition) is 3. The molecule has 0 N–H and O–H groups in total. The van der Waals surface area contributed by atoms with Gasteiger partial charge in [0.2, 0.25) is 0 Å². The molecular weight excluding hydrogens is 224 g/mol. The van der Waals surface area contributed by atoms with Crippen molar-refractivity contribution in [1.82, 2.24) is 9.80 Å². The molecule has 1 atom stereocenters. The van der Waals surface area contributed by atoms with Crippen LogP contribution in [0.15, 0.2) is 22.8 Å². The Morgan fingerprint density at radius 2 is 1.94 bits per heavy atom. The monoisotopic (exact) mass is 250 g/mol. The highest BCUT2D eigenvalue weighted by molar-refractivity contribution is 5.06. The van der Waals surface area contributed by atoms with Crippen molar-refractivity contribution in [3.05, 3.63) is 24.2 Å². The van der Waals surface area contributed by atoms with Gasteiger partial charge in [0, 0.05) is 32.1 Å². The molecule has 102 valence electrons. The third-order valence-corrected chi connectivity index (χ3v) is 4.07. The van der Waals surface area contributed by atoms with Gasteiger partial charge in [-0.3, -0.25) is 0 Å². The zero-order valence-electron chi connectivity index (χ0n) is 11.9. The minimum atomic E-state index is 0.555. The molecule has 0 bridgehead atoms. The van der Waals surface area contributed by atoms with Gasteiger partial charge in [0.25, 0.3) is 0 Å². The van der Waals surface area contributed by atoms with Crippen LogP contribution in [0, 0.1) is 5.92 Å². The van der Waals surface area contributed by atoms with Gasteiger partial charge < -0.3 is 14.2 Å². The SMILES string of the molecule is CC(C)C(CCN1CCN(C)CC1)c1ccco1. The normalized spacial score (nSPS) is 20.4. The van der Waals surface area contributed by atoms with E-state index in [1.165, 1.54) is 39.1 Å². The maximum atomic E-state index is 5.59. The summed E-state index contributed by atoms with van der Waals surface area (Å²) < 4.78 is 5.59. The molecule has 0 saturated carbocycles. The Hall–Kier alpha value is -0.800. The summed E-state index contributed by atoms with van der Waals surface area (Å²) in [4.78, 5) is 4.99. The van der Waals surface area contributed by atoms with Gasteiger partial charge in [0.1, 0.15) is 5.76 Å². The van der Waals surface area contributed by atoms with Crippen LogP contribution < -0.4 is 0 Å². The van der Waals surface area contributed by atoms with Gasteiger partial charge in [0.05, 0.1) is 6.26 Å². The lowest BCUT2D eigenvalue weighted by atomic mass is 9.90. The maximum Gasteiger partial charge on any atom is 0.107 e. The zero-order valence-corrected chi connectivity index (χ0v) is 11.9. The molecule has 0 radical (unpaired) electrons. The average Bonchev–Trinajstić information content (AvgIpc) is 2.85. The van der Waals surface area contributed by atoms with Crippen LogP contribution in [0.5, 0.6) is 0 Å². The third kappa shape index (κ3) is 3.59. The van der Waals surface area contributed by atoms with Crippen LogP contribution in [-0.2, 0) is 0 Å². The number of piperazine rings is 1. The summed E-state index contributed by atoms with van der Waals surface area (Å²) in [6, 6.07) is 4.12. The molecule has 1 saturated heterocycles. The highest BCUT2D eigenvalue weighted by atomic mass is 16.3. The lowest BCUT2D eigenvalue weighted by molar-refractivity contribution is 0.146. The fraction of sp³-hybridized carbons (Fsp3) is 0.733. The van der Waals surface area contributed by atoms with Crippen molar-refractivity contribution in [3.63, 3.8) is 0 Å². The van der Waals surface area contributed by atoms with E-state index in [1.807, 2.05) is 6.07 Å². The summed E-state index contributed by atoms with van der Waals surface area (Å²) in [5.41, 5.74) is 0. The molecule has 2 heterocycles. The van der Waals surface area contributed by atoms with Gasteiger partial charge in [-0.1, -0.05) is 13.8 Å². The van der Waals surface area contributed by atoms with Gasteiger partial charge in [-0.05, 0) is 38.1 Å². The Bertz CT molecular complexity index is 326. The van der Waals surface area contributed by atoms with E-state index in [2.05, 4.69) is 36.8 Å². The second-order valence-corrected chi connectivity index (χ2v) is 5.80. The summed E-state index contributed by atoms with van der Waals surface area (Å²) in [5, 5.41) is 0. The standard InChI is InChI=1S/C15H26N2O/c1-13(2)14(15-5-4-12-18-15)6-7-17-10-8-16(3)9-11-17/h4-5,12-14H,6-11H2,1-3H3. The van der Waals surface area contributed by atoms with Crippen LogP contribution in [0.4, 0.5) is 0 Å². The first-order chi connectivity index (χ1) is 8.66. The summed E-state index contributed by atoms with van der Waals surface area (Å²) in [7, 11) is 2.21. The van der Waals surface area contributed by atoms with Crippen molar-refractivity contribution in [2.75, 3.05) is 39.8 Å². The fourth-order valence-electron chi connectivity index (χ4n) is 2.70. The van der Waals surface area contributed by atoms with Crippen molar-refractivity contribution in [2.24, 2.45) is 5.92 Å². The van der Waals surface area contributed by atoms with Crippen LogP contribution >= 0.6 is 0 Å². The van der Waals surface area contributed by atoms with Crippen LogP contribution in [0.25, 0.3) is 0 Å². The molecule has 0 amide bonds. The Labute approximate surface area is 111 Å². The number of furan rings is 1. The van der Waals surface area contributed by atoms with E-state index >= 15 is 0 Å². The van der Waals surface area contributed by atoms with E-state index in [4.69, 9.17) is 4.42 Å². The minimum absolute atomic E-state index is 0.555. The van der Waals surface area contributed by atoms with Crippen LogP contribution in [0.2, 0.25) is 0 Å². The topological polar surface area (TPSA) is 19.6 Å². The second kappa shape index (κ2) is 6.39. The highest BCUT2D eigenvalue weighted by Gasteiger charge is 2.21. The van der Waals surface area contributed by atoms with Gasteiger partial charge in [-0.2, -0.15) is 0 Å². The number of nitrogens with zero attached hydrogens (tertiary/aromatic N) is 2. The molecule has 0 spiro atoms. The first-order valence-electron chi connectivity index (χ1n) is 7.11. The van der Waals surface area contributed by atoms with Crippen molar-refractivity contribution in [1.29, 1.82) is 0 Å². The molecule has 2 rings (SSSR count). The number of rotatable bonds is 5. The molecule has 3 nitrogen and oxygen atoms in total. The largest absolute Gasteiger partial charge is 0.469 e. The molecule has 0 aromatic carbocycles. The molecule has 1 aliphatic heterocycles. The third-order valence-electron chi connectivity index (χ3n) is 4.07. The second-order valence-electron chi connectivity index (χ2n) is 5.80. The first-order valence-corrected chi connectivity index (χ1v) is 7.11. The van der Waals surface area contributed by atoms with Gasteiger partial charge in [-0.25, -0.2) is 0 Å². The predicted octanol–water partition coefficient (Wildman–Crippen LogP) is 2.66. The van der Waals surface area contributed by atoms with Crippen molar-refractivity contribution in [2.45, 2.75) is 26.2 Å². The van der Waals surface area contributed by atoms with Crippen LogP contribution in [-0.4, -0.2) is 49.6 Å². The Balaban J connectivity index is 1.83. The van der Waals surface area contributed by atoms with E-state index in [0.29, 0.717) is 11.8 Å². The van der Waals surface area contributed by atoms with E-state index in [1.54, 1.807) is 6.26 Å². The molecule has 1 aromatic rings. The molecule has 1 fully saturated rings. The van der Waals surface area contributed by atoms with Gasteiger partial charge in [-0.15, -0.1) is 0 Å². The van der Waals surface area contributed by atoms with Crippen molar-refractivity contribution in [3.8, 4) is 0 Å². The molecule has 1 aromatic heterocycles. The van der Waals surface area contributed by atoms with E-state index in [-0.39, 0.29) is 0 Å². The van der Waals surface area contributed by atoms with Crippen molar-refractivity contribution >= 4 is 0 Å². The fourth-order valence-corrected chi connectivity index (χ4v) is 2.70. The Morgan fingerprint density at radius 1 is 1.22 bits per heavy atom. The lowest BCUT2D eigenvalue weighted by Gasteiger charge is -2.33. The van der Waals surface area contributed by atoms with Crippen molar-refractivity contribution < 1.29 is 4.42 Å². The van der Waals surface area contributed by atoms with Crippen LogP contribution in [0.3, 0.4) is 0 Å².